The fourth-order valence-corrected chi connectivity index (χ4v) is 2.90. The number of likely N-dealkylation sites (tertiary alicyclic amines) is 1. The molecule has 1 heterocycles. The number of halogens is 1. The SMILES string of the molecule is CC(C)(C)NC(=O)C1(F)CCN(Cc2cccc(N)c2C=O)CC1. The lowest BCUT2D eigenvalue weighted by Crippen LogP contribution is -2.55. The third kappa shape index (κ3) is 4.32. The number of nitrogen functional groups attached to an aromatic ring is 1. The quantitative estimate of drug-likeness (QED) is 0.654. The van der Waals surface area contributed by atoms with Crippen molar-refractivity contribution in [1.29, 1.82) is 0 Å². The van der Waals surface area contributed by atoms with Gasteiger partial charge in [0.2, 0.25) is 0 Å². The zero-order valence-electron chi connectivity index (χ0n) is 14.6. The minimum absolute atomic E-state index is 0.146. The van der Waals surface area contributed by atoms with E-state index >= 15 is 0 Å². The number of alkyl halides is 1. The highest BCUT2D eigenvalue weighted by molar-refractivity contribution is 5.86. The molecule has 2 rings (SSSR count). The number of rotatable bonds is 4. The van der Waals surface area contributed by atoms with E-state index in [1.165, 1.54) is 0 Å². The third-order valence-corrected chi connectivity index (χ3v) is 4.29. The number of carbonyl (C=O) groups is 2. The van der Waals surface area contributed by atoms with E-state index in [0.717, 1.165) is 11.8 Å². The maximum Gasteiger partial charge on any atom is 0.258 e. The fraction of sp³-hybridized carbons (Fsp3) is 0.556. The molecule has 0 bridgehead atoms. The van der Waals surface area contributed by atoms with Crippen LogP contribution in [0.3, 0.4) is 0 Å². The molecule has 24 heavy (non-hydrogen) atoms. The van der Waals surface area contributed by atoms with Crippen molar-refractivity contribution in [1.82, 2.24) is 10.2 Å². The summed E-state index contributed by atoms with van der Waals surface area (Å²) in [5.41, 5.74) is 5.30. The van der Waals surface area contributed by atoms with E-state index in [9.17, 15) is 14.0 Å². The lowest BCUT2D eigenvalue weighted by atomic mass is 9.90. The Labute approximate surface area is 142 Å². The van der Waals surface area contributed by atoms with E-state index < -0.39 is 17.1 Å². The van der Waals surface area contributed by atoms with Crippen LogP contribution in [0.1, 0.15) is 49.5 Å². The molecule has 3 N–H and O–H groups in total. The monoisotopic (exact) mass is 335 g/mol. The molecule has 132 valence electrons. The van der Waals surface area contributed by atoms with Crippen molar-refractivity contribution in [2.75, 3.05) is 18.8 Å². The van der Waals surface area contributed by atoms with Gasteiger partial charge in [-0.25, -0.2) is 4.39 Å². The van der Waals surface area contributed by atoms with Crippen LogP contribution in [0.2, 0.25) is 0 Å². The van der Waals surface area contributed by atoms with Crippen molar-refractivity contribution in [3.05, 3.63) is 29.3 Å². The molecule has 0 spiro atoms. The highest BCUT2D eigenvalue weighted by Gasteiger charge is 2.42. The summed E-state index contributed by atoms with van der Waals surface area (Å²) in [6.45, 7) is 6.96. The van der Waals surface area contributed by atoms with E-state index in [4.69, 9.17) is 5.73 Å². The van der Waals surface area contributed by atoms with Crippen LogP contribution in [-0.2, 0) is 11.3 Å². The number of amides is 1. The van der Waals surface area contributed by atoms with Crippen LogP contribution in [0.15, 0.2) is 18.2 Å². The molecule has 6 heteroatoms. The summed E-state index contributed by atoms with van der Waals surface area (Å²) in [7, 11) is 0. The molecule has 1 aromatic carbocycles. The van der Waals surface area contributed by atoms with Gasteiger partial charge in [0.15, 0.2) is 12.0 Å². The van der Waals surface area contributed by atoms with Gasteiger partial charge in [-0.3, -0.25) is 14.5 Å². The second-order valence-corrected chi connectivity index (χ2v) is 7.48. The number of carbonyl (C=O) groups excluding carboxylic acids is 2. The molecule has 1 amide bonds. The Kier molecular flexibility index (Phi) is 5.28. The number of piperidine rings is 1. The van der Waals surface area contributed by atoms with Crippen molar-refractivity contribution in [3.63, 3.8) is 0 Å². The molecular formula is C18H26FN3O2. The van der Waals surface area contributed by atoms with Crippen LogP contribution >= 0.6 is 0 Å². The first-order valence-electron chi connectivity index (χ1n) is 8.21. The van der Waals surface area contributed by atoms with Gasteiger partial charge in [0, 0.05) is 49.3 Å². The fourth-order valence-electron chi connectivity index (χ4n) is 2.90. The van der Waals surface area contributed by atoms with Crippen LogP contribution in [0.5, 0.6) is 0 Å². The maximum absolute atomic E-state index is 14.9. The van der Waals surface area contributed by atoms with Crippen molar-refractivity contribution < 1.29 is 14.0 Å². The Morgan fingerprint density at radius 1 is 1.38 bits per heavy atom. The number of hydrogen-bond donors (Lipinski definition) is 2. The van der Waals surface area contributed by atoms with Gasteiger partial charge in [-0.15, -0.1) is 0 Å². The zero-order valence-corrected chi connectivity index (χ0v) is 14.6. The van der Waals surface area contributed by atoms with E-state index in [0.29, 0.717) is 30.9 Å². The van der Waals surface area contributed by atoms with Gasteiger partial charge in [0.25, 0.3) is 5.91 Å². The summed E-state index contributed by atoms with van der Waals surface area (Å²) in [4.78, 5) is 25.4. The van der Waals surface area contributed by atoms with E-state index in [1.807, 2.05) is 31.7 Å². The molecule has 0 atom stereocenters. The Morgan fingerprint density at radius 2 is 2.00 bits per heavy atom. The standard InChI is InChI=1S/C18H26FN3O2/c1-17(2,3)21-16(24)18(19)7-9-22(10-8-18)11-13-5-4-6-15(20)14(13)12-23/h4-6,12H,7-11,20H2,1-3H3,(H,21,24). The molecule has 0 aliphatic carbocycles. The van der Waals surface area contributed by atoms with Gasteiger partial charge in [0.05, 0.1) is 0 Å². The minimum atomic E-state index is -1.83. The smallest absolute Gasteiger partial charge is 0.258 e. The second kappa shape index (κ2) is 6.89. The van der Waals surface area contributed by atoms with Gasteiger partial charge in [0.1, 0.15) is 0 Å². The number of hydrogen-bond acceptors (Lipinski definition) is 4. The Hall–Kier alpha value is -1.95. The predicted molar refractivity (Wildman–Crippen MR) is 92.5 cm³/mol. The Morgan fingerprint density at radius 3 is 2.54 bits per heavy atom. The minimum Gasteiger partial charge on any atom is -0.398 e. The molecule has 0 aromatic heterocycles. The molecule has 1 aliphatic heterocycles. The summed E-state index contributed by atoms with van der Waals surface area (Å²) in [6, 6.07) is 5.34. The molecule has 0 saturated carbocycles. The molecule has 1 fully saturated rings. The molecular weight excluding hydrogens is 309 g/mol. The summed E-state index contributed by atoms with van der Waals surface area (Å²) in [5, 5.41) is 2.72. The van der Waals surface area contributed by atoms with E-state index in [1.54, 1.807) is 12.1 Å². The summed E-state index contributed by atoms with van der Waals surface area (Å²) >= 11 is 0. The van der Waals surface area contributed by atoms with Crippen molar-refractivity contribution in [2.45, 2.75) is 51.4 Å². The molecule has 0 unspecified atom stereocenters. The third-order valence-electron chi connectivity index (χ3n) is 4.29. The number of nitrogens with one attached hydrogen (secondary N) is 1. The Balaban J connectivity index is 1.99. The molecule has 1 aliphatic rings. The summed E-state index contributed by atoms with van der Waals surface area (Å²) in [6.07, 6.45) is 1.05. The first-order chi connectivity index (χ1) is 11.1. The summed E-state index contributed by atoms with van der Waals surface area (Å²) < 4.78 is 14.9. The van der Waals surface area contributed by atoms with Gasteiger partial charge in [-0.1, -0.05) is 12.1 Å². The topological polar surface area (TPSA) is 75.4 Å². The molecule has 5 nitrogen and oxygen atoms in total. The second-order valence-electron chi connectivity index (χ2n) is 7.48. The lowest BCUT2D eigenvalue weighted by Gasteiger charge is -2.37. The van der Waals surface area contributed by atoms with Crippen molar-refractivity contribution >= 4 is 17.9 Å². The summed E-state index contributed by atoms with van der Waals surface area (Å²) in [5.74, 6) is -0.535. The van der Waals surface area contributed by atoms with Gasteiger partial charge >= 0.3 is 0 Å². The molecule has 0 radical (unpaired) electrons. The van der Waals surface area contributed by atoms with Crippen molar-refractivity contribution in [2.24, 2.45) is 0 Å². The average molecular weight is 335 g/mol. The molecule has 1 aromatic rings. The first kappa shape index (κ1) is 18.4. The van der Waals surface area contributed by atoms with Gasteiger partial charge in [-0.2, -0.15) is 0 Å². The van der Waals surface area contributed by atoms with Gasteiger partial charge in [-0.05, 0) is 32.4 Å². The Bertz CT molecular complexity index is 617. The maximum atomic E-state index is 14.9. The molecule has 1 saturated heterocycles. The van der Waals surface area contributed by atoms with E-state index in [-0.39, 0.29) is 12.8 Å². The van der Waals surface area contributed by atoms with Crippen LogP contribution < -0.4 is 11.1 Å². The normalized spacial score (nSPS) is 18.2. The number of anilines is 1. The van der Waals surface area contributed by atoms with Crippen LogP contribution in [0, 0.1) is 0 Å². The van der Waals surface area contributed by atoms with E-state index in [2.05, 4.69) is 5.32 Å². The van der Waals surface area contributed by atoms with Crippen LogP contribution in [0.25, 0.3) is 0 Å². The van der Waals surface area contributed by atoms with Crippen molar-refractivity contribution in [3.8, 4) is 0 Å². The highest BCUT2D eigenvalue weighted by Crippen LogP contribution is 2.29. The number of nitrogens with two attached hydrogens (primary N) is 1. The van der Waals surface area contributed by atoms with Crippen LogP contribution in [0.4, 0.5) is 10.1 Å². The van der Waals surface area contributed by atoms with Crippen LogP contribution in [-0.4, -0.2) is 41.4 Å². The lowest BCUT2D eigenvalue weighted by molar-refractivity contribution is -0.137. The number of aldehydes is 1. The largest absolute Gasteiger partial charge is 0.398 e. The number of benzene rings is 1. The number of nitrogens with zero attached hydrogens (tertiary/aromatic N) is 1. The zero-order chi connectivity index (χ0) is 18.0. The van der Waals surface area contributed by atoms with Gasteiger partial charge < -0.3 is 11.1 Å². The highest BCUT2D eigenvalue weighted by atomic mass is 19.1. The first-order valence-corrected chi connectivity index (χ1v) is 8.21. The predicted octanol–water partition coefficient (Wildman–Crippen LogP) is 2.30. The average Bonchev–Trinajstić information content (AvgIpc) is 2.48.